The molecule has 1 fully saturated rings. The molecule has 1 aliphatic heterocycles. The van der Waals surface area contributed by atoms with E-state index >= 15 is 0 Å². The smallest absolute Gasteiger partial charge is 0.257 e. The number of amides is 1. The molecule has 5 nitrogen and oxygen atoms in total. The molecule has 1 aliphatic rings. The van der Waals surface area contributed by atoms with Crippen molar-refractivity contribution in [3.05, 3.63) is 87.0 Å². The molecule has 1 aromatic heterocycles. The Bertz CT molecular complexity index is 1070. The lowest BCUT2D eigenvalue weighted by atomic mass is 10.0. The number of anilines is 2. The number of rotatable bonds is 3. The van der Waals surface area contributed by atoms with Crippen molar-refractivity contribution in [2.75, 3.05) is 30.3 Å². The third kappa shape index (κ3) is 4.19. The number of nitrogens with two attached hydrogens (primary N) is 1. The molecule has 0 saturated carbocycles. The molecular weight excluding hydrogens is 443 g/mol. The first-order chi connectivity index (χ1) is 14.4. The van der Waals surface area contributed by atoms with Crippen molar-refractivity contribution >= 4 is 52.2 Å². The number of carbonyl (C=O) groups is 1. The van der Waals surface area contributed by atoms with E-state index < -0.39 is 0 Å². The third-order valence-corrected chi connectivity index (χ3v) is 6.00. The second-order valence-corrected chi connectivity index (χ2v) is 8.32. The lowest BCUT2D eigenvalue weighted by Gasteiger charge is -2.43. The zero-order chi connectivity index (χ0) is 21.3. The predicted molar refractivity (Wildman–Crippen MR) is 123 cm³/mol. The van der Waals surface area contributed by atoms with Crippen LogP contribution in [0.2, 0.25) is 15.1 Å². The van der Waals surface area contributed by atoms with E-state index in [1.807, 2.05) is 36.4 Å². The summed E-state index contributed by atoms with van der Waals surface area (Å²) < 4.78 is 0. The summed E-state index contributed by atoms with van der Waals surface area (Å²) in [6.45, 7) is 1.59. The number of pyridine rings is 1. The van der Waals surface area contributed by atoms with Crippen LogP contribution in [0.3, 0.4) is 0 Å². The number of nitrogen functional groups attached to an aromatic ring is 1. The van der Waals surface area contributed by atoms with Crippen molar-refractivity contribution in [3.8, 4) is 0 Å². The van der Waals surface area contributed by atoms with Crippen LogP contribution in [-0.2, 0) is 0 Å². The molecule has 2 heterocycles. The first-order valence-electron chi connectivity index (χ1n) is 9.41. The maximum atomic E-state index is 13.1. The summed E-state index contributed by atoms with van der Waals surface area (Å²) in [5, 5.41) is 1.80. The van der Waals surface area contributed by atoms with Crippen molar-refractivity contribution < 1.29 is 4.79 Å². The summed E-state index contributed by atoms with van der Waals surface area (Å²) in [6, 6.07) is 16.4. The lowest BCUT2D eigenvalue weighted by molar-refractivity contribution is 0.0722. The Morgan fingerprint density at radius 1 is 1.00 bits per heavy atom. The molecule has 30 heavy (non-hydrogen) atoms. The number of hydrogen-bond donors (Lipinski definition) is 1. The van der Waals surface area contributed by atoms with Gasteiger partial charge in [-0.2, -0.15) is 0 Å². The van der Waals surface area contributed by atoms with Crippen LogP contribution in [-0.4, -0.2) is 35.4 Å². The molecule has 4 rings (SSSR count). The van der Waals surface area contributed by atoms with Gasteiger partial charge in [0, 0.05) is 35.9 Å². The van der Waals surface area contributed by atoms with E-state index in [2.05, 4.69) is 9.88 Å². The standard InChI is InChI=1S/C22H19Cl3N4O/c23-15-5-3-14(4-6-15)20-13-28(22(30)17-2-1-9-27-21(17)26)10-11-29(20)19-8-7-16(24)12-18(19)25/h1-9,12,20H,10-11,13H2,(H2,26,27). The van der Waals surface area contributed by atoms with Gasteiger partial charge in [0.05, 0.1) is 22.3 Å². The van der Waals surface area contributed by atoms with Crippen LogP contribution in [0.4, 0.5) is 11.5 Å². The molecule has 0 bridgehead atoms. The zero-order valence-electron chi connectivity index (χ0n) is 15.9. The second-order valence-electron chi connectivity index (χ2n) is 7.04. The first kappa shape index (κ1) is 20.8. The van der Waals surface area contributed by atoms with Gasteiger partial charge in [-0.1, -0.05) is 46.9 Å². The normalized spacial score (nSPS) is 16.6. The van der Waals surface area contributed by atoms with Crippen LogP contribution in [0.15, 0.2) is 60.8 Å². The van der Waals surface area contributed by atoms with Gasteiger partial charge >= 0.3 is 0 Å². The molecule has 1 amide bonds. The van der Waals surface area contributed by atoms with E-state index in [-0.39, 0.29) is 17.8 Å². The molecule has 2 N–H and O–H groups in total. The molecule has 8 heteroatoms. The highest BCUT2D eigenvalue weighted by Crippen LogP contribution is 2.37. The fraction of sp³-hybridized carbons (Fsp3) is 0.182. The Labute approximate surface area is 190 Å². The summed E-state index contributed by atoms with van der Waals surface area (Å²) in [4.78, 5) is 21.2. The van der Waals surface area contributed by atoms with Crippen molar-refractivity contribution in [2.24, 2.45) is 0 Å². The Morgan fingerprint density at radius 2 is 1.73 bits per heavy atom. The molecule has 0 aliphatic carbocycles. The minimum absolute atomic E-state index is 0.114. The van der Waals surface area contributed by atoms with E-state index in [0.717, 1.165) is 11.3 Å². The minimum Gasteiger partial charge on any atom is -0.383 e. The third-order valence-electron chi connectivity index (χ3n) is 5.21. The molecule has 1 atom stereocenters. The summed E-state index contributed by atoms with van der Waals surface area (Å²) in [5.41, 5.74) is 8.24. The zero-order valence-corrected chi connectivity index (χ0v) is 18.2. The Morgan fingerprint density at radius 3 is 2.43 bits per heavy atom. The molecule has 1 saturated heterocycles. The molecule has 2 aromatic carbocycles. The number of halogens is 3. The van der Waals surface area contributed by atoms with Crippen LogP contribution in [0.1, 0.15) is 22.0 Å². The average Bonchev–Trinajstić information content (AvgIpc) is 2.74. The number of hydrogen-bond acceptors (Lipinski definition) is 4. The van der Waals surface area contributed by atoms with Crippen LogP contribution in [0.25, 0.3) is 0 Å². The van der Waals surface area contributed by atoms with E-state index in [0.29, 0.717) is 40.3 Å². The van der Waals surface area contributed by atoms with Gasteiger partial charge in [0.2, 0.25) is 0 Å². The van der Waals surface area contributed by atoms with Crippen molar-refractivity contribution in [1.82, 2.24) is 9.88 Å². The number of carbonyl (C=O) groups excluding carboxylic acids is 1. The first-order valence-corrected chi connectivity index (χ1v) is 10.5. The molecular formula is C22H19Cl3N4O. The minimum atomic E-state index is -0.138. The topological polar surface area (TPSA) is 62.5 Å². The number of nitrogens with zero attached hydrogens (tertiary/aromatic N) is 3. The van der Waals surface area contributed by atoms with Crippen molar-refractivity contribution in [2.45, 2.75) is 6.04 Å². The summed E-state index contributed by atoms with van der Waals surface area (Å²) >= 11 is 18.7. The SMILES string of the molecule is Nc1ncccc1C(=O)N1CCN(c2ccc(Cl)cc2Cl)C(c2ccc(Cl)cc2)C1. The van der Waals surface area contributed by atoms with Gasteiger partial charge in [-0.15, -0.1) is 0 Å². The van der Waals surface area contributed by atoms with Crippen molar-refractivity contribution in [1.29, 1.82) is 0 Å². The predicted octanol–water partition coefficient (Wildman–Crippen LogP) is 5.33. The van der Waals surface area contributed by atoms with Crippen LogP contribution in [0, 0.1) is 0 Å². The van der Waals surface area contributed by atoms with Crippen LogP contribution < -0.4 is 10.6 Å². The van der Waals surface area contributed by atoms with E-state index in [1.165, 1.54) is 0 Å². The quantitative estimate of drug-likeness (QED) is 0.573. The monoisotopic (exact) mass is 460 g/mol. The Kier molecular flexibility index (Phi) is 6.04. The van der Waals surface area contributed by atoms with Crippen LogP contribution in [0.5, 0.6) is 0 Å². The Balaban J connectivity index is 1.69. The molecule has 0 radical (unpaired) electrons. The molecule has 154 valence electrons. The van der Waals surface area contributed by atoms with Gasteiger partial charge in [0.15, 0.2) is 0 Å². The molecule has 1 unspecified atom stereocenters. The van der Waals surface area contributed by atoms with Gasteiger partial charge in [-0.3, -0.25) is 4.79 Å². The maximum absolute atomic E-state index is 13.1. The average molecular weight is 462 g/mol. The van der Waals surface area contributed by atoms with E-state index in [9.17, 15) is 4.79 Å². The Hall–Kier alpha value is -2.47. The molecule has 3 aromatic rings. The summed E-state index contributed by atoms with van der Waals surface area (Å²) in [7, 11) is 0. The second kappa shape index (κ2) is 8.72. The highest BCUT2D eigenvalue weighted by atomic mass is 35.5. The fourth-order valence-electron chi connectivity index (χ4n) is 3.71. The highest BCUT2D eigenvalue weighted by Gasteiger charge is 2.32. The van der Waals surface area contributed by atoms with Gasteiger partial charge < -0.3 is 15.5 Å². The largest absolute Gasteiger partial charge is 0.383 e. The van der Waals surface area contributed by atoms with Crippen molar-refractivity contribution in [3.63, 3.8) is 0 Å². The number of aromatic nitrogens is 1. The fourth-order valence-corrected chi connectivity index (χ4v) is 4.35. The van der Waals surface area contributed by atoms with E-state index in [4.69, 9.17) is 40.5 Å². The van der Waals surface area contributed by atoms with Gasteiger partial charge in [0.1, 0.15) is 5.82 Å². The van der Waals surface area contributed by atoms with Crippen LogP contribution >= 0.6 is 34.8 Å². The lowest BCUT2D eigenvalue weighted by Crippen LogP contribution is -2.50. The summed E-state index contributed by atoms with van der Waals surface area (Å²) in [5.74, 6) is 0.0927. The van der Waals surface area contributed by atoms with Gasteiger partial charge in [0.25, 0.3) is 5.91 Å². The number of piperazine rings is 1. The van der Waals surface area contributed by atoms with E-state index in [1.54, 1.807) is 29.3 Å². The molecule has 0 spiro atoms. The highest BCUT2D eigenvalue weighted by molar-refractivity contribution is 6.36. The van der Waals surface area contributed by atoms with Gasteiger partial charge in [-0.05, 0) is 48.0 Å². The summed E-state index contributed by atoms with van der Waals surface area (Å²) in [6.07, 6.45) is 1.57. The number of benzene rings is 2. The van der Waals surface area contributed by atoms with Gasteiger partial charge in [-0.25, -0.2) is 4.98 Å². The maximum Gasteiger partial charge on any atom is 0.257 e.